The molecule has 1 unspecified atom stereocenters. The normalized spacial score (nSPS) is 13.8. The van der Waals surface area contributed by atoms with Crippen molar-refractivity contribution in [2.24, 2.45) is 5.92 Å². The van der Waals surface area contributed by atoms with Crippen LogP contribution in [0.1, 0.15) is 50.8 Å². The Labute approximate surface area is 261 Å². The fourth-order valence-corrected chi connectivity index (χ4v) is 5.39. The zero-order chi connectivity index (χ0) is 32.7. The number of likely N-dealkylation sites (tertiary alicyclic amines) is 1. The number of carbonyl (C=O) groups excluding carboxylic acids is 3. The number of hydrogen-bond acceptors (Lipinski definition) is 6. The smallest absolute Gasteiger partial charge is 0.416 e. The second-order valence-corrected chi connectivity index (χ2v) is 11.8. The van der Waals surface area contributed by atoms with E-state index in [2.05, 4.69) is 19.2 Å². The van der Waals surface area contributed by atoms with Gasteiger partial charge < -0.3 is 29.5 Å². The summed E-state index contributed by atoms with van der Waals surface area (Å²) in [5.74, 6) is -0.579. The van der Waals surface area contributed by atoms with Crippen LogP contribution in [-0.4, -0.2) is 81.3 Å². The topological polar surface area (TPSA) is 143 Å². The number of likely N-dealkylation sites (N-methyl/N-ethyl adjacent to an activating group) is 1. The van der Waals surface area contributed by atoms with Crippen molar-refractivity contribution in [1.29, 1.82) is 0 Å². The first-order valence-electron chi connectivity index (χ1n) is 15.2. The number of aromatic nitrogens is 2. The van der Waals surface area contributed by atoms with E-state index < -0.39 is 29.8 Å². The van der Waals surface area contributed by atoms with Gasteiger partial charge in [-0.05, 0) is 67.9 Å². The van der Waals surface area contributed by atoms with E-state index >= 15 is 0 Å². The molecule has 3 aromatic rings. The van der Waals surface area contributed by atoms with E-state index in [1.54, 1.807) is 32.3 Å². The number of fused-ring (bicyclic) bond motifs is 1. The summed E-state index contributed by atoms with van der Waals surface area (Å²) >= 11 is 0. The number of anilines is 1. The highest BCUT2D eigenvalue weighted by atomic mass is 16.6. The third-order valence-electron chi connectivity index (χ3n) is 7.61. The number of nitrogens with zero attached hydrogens (tertiary/aromatic N) is 4. The van der Waals surface area contributed by atoms with E-state index in [0.717, 1.165) is 23.8 Å². The molecule has 0 aliphatic carbocycles. The van der Waals surface area contributed by atoms with Gasteiger partial charge in [0.15, 0.2) is 6.10 Å². The second-order valence-electron chi connectivity index (χ2n) is 11.8. The third-order valence-corrected chi connectivity index (χ3v) is 7.61. The summed E-state index contributed by atoms with van der Waals surface area (Å²) in [5, 5.41) is 13.5. The van der Waals surface area contributed by atoms with Crippen molar-refractivity contribution in [2.45, 2.75) is 58.6 Å². The highest BCUT2D eigenvalue weighted by molar-refractivity contribution is 5.95. The molecule has 45 heavy (non-hydrogen) atoms. The summed E-state index contributed by atoms with van der Waals surface area (Å²) in [5.41, 5.74) is 1.31. The van der Waals surface area contributed by atoms with Gasteiger partial charge in [-0.1, -0.05) is 38.1 Å². The van der Waals surface area contributed by atoms with Gasteiger partial charge in [0.2, 0.25) is 5.91 Å². The van der Waals surface area contributed by atoms with E-state index in [0.29, 0.717) is 36.6 Å². The Bertz CT molecular complexity index is 1650. The number of para-hydroxylation sites is 1. The molecule has 3 amide bonds. The predicted molar refractivity (Wildman–Crippen MR) is 170 cm³/mol. The highest BCUT2D eigenvalue weighted by Gasteiger charge is 2.28. The molecule has 1 fully saturated rings. The number of allylic oxidation sites excluding steroid dienone is 1. The molecule has 2 aromatic heterocycles. The fourth-order valence-electron chi connectivity index (χ4n) is 5.39. The summed E-state index contributed by atoms with van der Waals surface area (Å²) in [7, 11) is 3.25. The molecule has 12 nitrogen and oxygen atoms in total. The maximum atomic E-state index is 13.5. The van der Waals surface area contributed by atoms with Crippen LogP contribution in [0, 0.1) is 5.92 Å². The van der Waals surface area contributed by atoms with Gasteiger partial charge in [0.25, 0.3) is 11.5 Å². The molecule has 4 rings (SSSR count). The van der Waals surface area contributed by atoms with E-state index in [4.69, 9.17) is 4.74 Å². The van der Waals surface area contributed by atoms with Gasteiger partial charge in [0.1, 0.15) is 5.69 Å². The Balaban J connectivity index is 1.57. The predicted octanol–water partition coefficient (Wildman–Crippen LogP) is 4.54. The number of rotatable bonds is 11. The van der Waals surface area contributed by atoms with Gasteiger partial charge >= 0.3 is 12.2 Å². The quantitative estimate of drug-likeness (QED) is 0.300. The molecule has 1 saturated heterocycles. The number of ether oxygens (including phenoxy) is 1. The first-order valence-corrected chi connectivity index (χ1v) is 15.2. The van der Waals surface area contributed by atoms with Gasteiger partial charge in [-0.15, -0.1) is 0 Å². The number of hydrogen-bond donors (Lipinski definition) is 2. The Morgan fingerprint density at radius 1 is 1.09 bits per heavy atom. The van der Waals surface area contributed by atoms with Crippen LogP contribution in [0.15, 0.2) is 59.5 Å². The molecule has 1 aromatic carbocycles. The number of amides is 3. The number of carboxylic acid groups (broad SMARTS) is 1. The summed E-state index contributed by atoms with van der Waals surface area (Å²) in [6.07, 6.45) is 4.32. The van der Waals surface area contributed by atoms with E-state index in [9.17, 15) is 29.1 Å². The lowest BCUT2D eigenvalue weighted by Crippen LogP contribution is -2.39. The molecule has 1 atom stereocenters. The van der Waals surface area contributed by atoms with Crippen LogP contribution in [-0.2, 0) is 27.3 Å². The van der Waals surface area contributed by atoms with Crippen molar-refractivity contribution in [1.82, 2.24) is 18.9 Å². The van der Waals surface area contributed by atoms with Crippen LogP contribution in [0.3, 0.4) is 0 Å². The minimum Gasteiger partial charge on any atom is -0.464 e. The minimum atomic E-state index is -1.21. The Morgan fingerprint density at radius 2 is 1.82 bits per heavy atom. The second kappa shape index (κ2) is 14.7. The zero-order valence-electron chi connectivity index (χ0n) is 26.2. The number of nitrogens with one attached hydrogen (secondary N) is 1. The van der Waals surface area contributed by atoms with Gasteiger partial charge in [-0.3, -0.25) is 14.4 Å². The standard InChI is InChI=1S/C33H41N5O7/c1-22(2)19-23-11-9-12-24-20-25(38(29(23)24)32(42)43)21-37-18-10-13-26(31(37)41)34-30(40)27(14-5-6-15-28(39)35(3)4)45-33(44)36-16-7-8-17-36/h6,9-13,15,18,20,22,27H,5,7-8,14,16-17,19,21H2,1-4H3,(H,34,40)(H,42,43)/b15-6+. The molecular formula is C33H41N5O7. The third kappa shape index (κ3) is 8.20. The van der Waals surface area contributed by atoms with E-state index in [-0.39, 0.29) is 31.0 Å². The van der Waals surface area contributed by atoms with E-state index in [1.165, 1.54) is 37.3 Å². The first-order chi connectivity index (χ1) is 21.5. The van der Waals surface area contributed by atoms with Crippen molar-refractivity contribution >= 4 is 40.6 Å². The molecule has 1 aliphatic heterocycles. The van der Waals surface area contributed by atoms with Gasteiger partial charge in [0.05, 0.1) is 17.8 Å². The SMILES string of the molecule is CC(C)Cc1cccc2cc(Cn3cccc(NC(=O)C(CC/C=C/C(=O)N(C)C)OC(=O)N4CCCC4)c3=O)n(C(=O)O)c12. The summed E-state index contributed by atoms with van der Waals surface area (Å²) in [6, 6.07) is 10.4. The lowest BCUT2D eigenvalue weighted by Gasteiger charge is -2.21. The Kier molecular flexibility index (Phi) is 10.8. The van der Waals surface area contributed by atoms with Crippen molar-refractivity contribution in [2.75, 3.05) is 32.5 Å². The van der Waals surface area contributed by atoms with Crippen molar-refractivity contribution < 1.29 is 29.0 Å². The Hall–Kier alpha value is -4.87. The average molecular weight is 620 g/mol. The fraction of sp³-hybridized carbons (Fsp3) is 0.424. The molecule has 0 bridgehead atoms. The molecule has 240 valence electrons. The number of benzene rings is 1. The lowest BCUT2D eigenvalue weighted by atomic mass is 10.0. The van der Waals surface area contributed by atoms with Crippen molar-refractivity contribution in [3.8, 4) is 0 Å². The largest absolute Gasteiger partial charge is 0.464 e. The van der Waals surface area contributed by atoms with Crippen molar-refractivity contribution in [3.05, 3.63) is 76.4 Å². The van der Waals surface area contributed by atoms with Gasteiger partial charge in [-0.25, -0.2) is 14.2 Å². The van der Waals surface area contributed by atoms with Crippen molar-refractivity contribution in [3.63, 3.8) is 0 Å². The number of pyridine rings is 1. The van der Waals surface area contributed by atoms with Crippen LogP contribution in [0.5, 0.6) is 0 Å². The average Bonchev–Trinajstić information content (AvgIpc) is 3.65. The summed E-state index contributed by atoms with van der Waals surface area (Å²) in [4.78, 5) is 66.8. The Morgan fingerprint density at radius 3 is 2.49 bits per heavy atom. The lowest BCUT2D eigenvalue weighted by molar-refractivity contribution is -0.125. The first kappa shape index (κ1) is 33.0. The monoisotopic (exact) mass is 619 g/mol. The number of carbonyl (C=O) groups is 4. The minimum absolute atomic E-state index is 0.0402. The maximum Gasteiger partial charge on any atom is 0.416 e. The van der Waals surface area contributed by atoms with Crippen LogP contribution >= 0.6 is 0 Å². The maximum absolute atomic E-state index is 13.5. The molecule has 12 heteroatoms. The van der Waals surface area contributed by atoms with Crippen LogP contribution in [0.2, 0.25) is 0 Å². The zero-order valence-corrected chi connectivity index (χ0v) is 26.2. The molecular weight excluding hydrogens is 578 g/mol. The molecule has 3 heterocycles. The van der Waals surface area contributed by atoms with Gasteiger partial charge in [0, 0.05) is 38.8 Å². The van der Waals surface area contributed by atoms with Crippen LogP contribution in [0.25, 0.3) is 10.9 Å². The highest BCUT2D eigenvalue weighted by Crippen LogP contribution is 2.26. The molecule has 0 radical (unpaired) electrons. The molecule has 0 spiro atoms. The summed E-state index contributed by atoms with van der Waals surface area (Å²) in [6.45, 7) is 5.16. The van der Waals surface area contributed by atoms with Crippen LogP contribution in [0.4, 0.5) is 15.3 Å². The van der Waals surface area contributed by atoms with Gasteiger partial charge in [-0.2, -0.15) is 0 Å². The molecule has 0 saturated carbocycles. The molecule has 2 N–H and O–H groups in total. The van der Waals surface area contributed by atoms with Crippen LogP contribution < -0.4 is 10.9 Å². The molecule has 1 aliphatic rings. The van der Waals surface area contributed by atoms with E-state index in [1.807, 2.05) is 18.2 Å². The summed E-state index contributed by atoms with van der Waals surface area (Å²) < 4.78 is 8.11.